The molecule has 0 bridgehead atoms. The third-order valence-electron chi connectivity index (χ3n) is 2.45. The fraction of sp³-hybridized carbons (Fsp3) is 0.429. The van der Waals surface area contributed by atoms with Gasteiger partial charge in [-0.1, -0.05) is 12.1 Å². The maximum absolute atomic E-state index is 5.21. The average Bonchev–Trinajstić information content (AvgIpc) is 2.74. The predicted octanol–water partition coefficient (Wildman–Crippen LogP) is 3.35. The van der Waals surface area contributed by atoms with E-state index in [-0.39, 0.29) is 5.54 Å². The SMILES string of the molecule is COc1cccc(Cc2nsc(NC(C)(C)C)n2)c1. The fourth-order valence-corrected chi connectivity index (χ4v) is 2.46. The number of ether oxygens (including phenoxy) is 1. The average molecular weight is 277 g/mol. The molecule has 4 nitrogen and oxygen atoms in total. The van der Waals surface area contributed by atoms with Crippen LogP contribution >= 0.6 is 11.5 Å². The highest BCUT2D eigenvalue weighted by atomic mass is 32.1. The molecule has 2 aromatic rings. The van der Waals surface area contributed by atoms with Crippen LogP contribution in [0.3, 0.4) is 0 Å². The second-order valence-corrected chi connectivity index (χ2v) is 6.17. The molecule has 0 atom stereocenters. The van der Waals surface area contributed by atoms with Crippen molar-refractivity contribution in [3.63, 3.8) is 0 Å². The Bertz CT molecular complexity index is 546. The van der Waals surface area contributed by atoms with Gasteiger partial charge in [-0.2, -0.15) is 4.37 Å². The van der Waals surface area contributed by atoms with Crippen molar-refractivity contribution < 1.29 is 4.74 Å². The van der Waals surface area contributed by atoms with Gasteiger partial charge in [0.1, 0.15) is 11.6 Å². The third-order valence-corrected chi connectivity index (χ3v) is 3.11. The summed E-state index contributed by atoms with van der Waals surface area (Å²) in [5.41, 5.74) is 1.16. The lowest BCUT2D eigenvalue weighted by molar-refractivity contribution is 0.414. The first-order valence-corrected chi connectivity index (χ1v) is 6.97. The van der Waals surface area contributed by atoms with Crippen molar-refractivity contribution in [3.8, 4) is 5.75 Å². The number of hydrogen-bond acceptors (Lipinski definition) is 5. The second kappa shape index (κ2) is 5.57. The number of methoxy groups -OCH3 is 1. The first-order chi connectivity index (χ1) is 8.96. The van der Waals surface area contributed by atoms with E-state index in [4.69, 9.17) is 4.74 Å². The molecule has 0 aliphatic heterocycles. The van der Waals surface area contributed by atoms with Crippen molar-refractivity contribution in [2.45, 2.75) is 32.7 Å². The van der Waals surface area contributed by atoms with Gasteiger partial charge in [-0.25, -0.2) is 4.98 Å². The molecule has 0 radical (unpaired) electrons. The number of anilines is 1. The highest BCUT2D eigenvalue weighted by Crippen LogP contribution is 2.20. The molecule has 102 valence electrons. The van der Waals surface area contributed by atoms with E-state index in [1.165, 1.54) is 11.5 Å². The van der Waals surface area contributed by atoms with E-state index in [2.05, 4.69) is 41.5 Å². The summed E-state index contributed by atoms with van der Waals surface area (Å²) in [6.07, 6.45) is 0.722. The van der Waals surface area contributed by atoms with E-state index in [0.717, 1.165) is 28.7 Å². The summed E-state index contributed by atoms with van der Waals surface area (Å²) in [4.78, 5) is 4.50. The molecule has 0 saturated carbocycles. The van der Waals surface area contributed by atoms with Crippen LogP contribution in [0, 0.1) is 0 Å². The number of nitrogens with one attached hydrogen (secondary N) is 1. The molecular formula is C14H19N3OS. The fourth-order valence-electron chi connectivity index (χ4n) is 1.66. The van der Waals surface area contributed by atoms with Crippen molar-refractivity contribution in [1.82, 2.24) is 9.36 Å². The quantitative estimate of drug-likeness (QED) is 0.931. The Hall–Kier alpha value is -1.62. The van der Waals surface area contributed by atoms with Gasteiger partial charge in [0.25, 0.3) is 0 Å². The highest BCUT2D eigenvalue weighted by Gasteiger charge is 2.13. The summed E-state index contributed by atoms with van der Waals surface area (Å²) in [5, 5.41) is 4.20. The van der Waals surface area contributed by atoms with Gasteiger partial charge in [-0.05, 0) is 38.5 Å². The normalized spacial score (nSPS) is 11.4. The molecule has 0 amide bonds. The van der Waals surface area contributed by atoms with Crippen LogP contribution in [0.2, 0.25) is 0 Å². The van der Waals surface area contributed by atoms with Crippen molar-refractivity contribution in [2.75, 3.05) is 12.4 Å². The zero-order chi connectivity index (χ0) is 13.9. The second-order valence-electron chi connectivity index (χ2n) is 5.42. The molecule has 1 aromatic heterocycles. The minimum absolute atomic E-state index is 0.00672. The first-order valence-electron chi connectivity index (χ1n) is 6.20. The smallest absolute Gasteiger partial charge is 0.202 e. The Kier molecular flexibility index (Phi) is 4.04. The molecule has 0 saturated heterocycles. The zero-order valence-corrected chi connectivity index (χ0v) is 12.5. The monoisotopic (exact) mass is 277 g/mol. The molecule has 0 fully saturated rings. The van der Waals surface area contributed by atoms with Gasteiger partial charge in [-0.15, -0.1) is 0 Å². The highest BCUT2D eigenvalue weighted by molar-refractivity contribution is 7.09. The topological polar surface area (TPSA) is 47.0 Å². The maximum atomic E-state index is 5.21. The lowest BCUT2D eigenvalue weighted by Gasteiger charge is -2.18. The van der Waals surface area contributed by atoms with E-state index in [1.807, 2.05) is 18.2 Å². The van der Waals surface area contributed by atoms with Gasteiger partial charge in [-0.3, -0.25) is 0 Å². The van der Waals surface area contributed by atoms with E-state index >= 15 is 0 Å². The summed E-state index contributed by atoms with van der Waals surface area (Å²) >= 11 is 1.40. The van der Waals surface area contributed by atoms with E-state index < -0.39 is 0 Å². The summed E-state index contributed by atoms with van der Waals surface area (Å²) in [5.74, 6) is 1.70. The molecule has 19 heavy (non-hydrogen) atoms. The van der Waals surface area contributed by atoms with Crippen LogP contribution in [0.15, 0.2) is 24.3 Å². The van der Waals surface area contributed by atoms with Crippen molar-refractivity contribution >= 4 is 16.7 Å². The van der Waals surface area contributed by atoms with Gasteiger partial charge < -0.3 is 10.1 Å². The van der Waals surface area contributed by atoms with Gasteiger partial charge in [0.05, 0.1) is 7.11 Å². The van der Waals surface area contributed by atoms with Gasteiger partial charge in [0.15, 0.2) is 0 Å². The molecule has 0 aliphatic carbocycles. The Morgan fingerprint density at radius 2 is 2.11 bits per heavy atom. The number of benzene rings is 1. The van der Waals surface area contributed by atoms with E-state index in [9.17, 15) is 0 Å². The molecule has 0 unspecified atom stereocenters. The van der Waals surface area contributed by atoms with E-state index in [0.29, 0.717) is 0 Å². The van der Waals surface area contributed by atoms with E-state index in [1.54, 1.807) is 7.11 Å². The van der Waals surface area contributed by atoms with Gasteiger partial charge in [0.2, 0.25) is 5.13 Å². The Morgan fingerprint density at radius 1 is 1.32 bits per heavy atom. The maximum Gasteiger partial charge on any atom is 0.202 e. The minimum atomic E-state index is 0.00672. The summed E-state index contributed by atoms with van der Waals surface area (Å²) in [6, 6.07) is 7.98. The number of nitrogens with zero attached hydrogens (tertiary/aromatic N) is 2. The van der Waals surface area contributed by atoms with Crippen LogP contribution in [0.4, 0.5) is 5.13 Å². The summed E-state index contributed by atoms with van der Waals surface area (Å²) < 4.78 is 9.59. The molecule has 5 heteroatoms. The van der Waals surface area contributed by atoms with Crippen LogP contribution in [-0.4, -0.2) is 22.0 Å². The lowest BCUT2D eigenvalue weighted by Crippen LogP contribution is -2.25. The third kappa shape index (κ3) is 4.21. The molecule has 1 N–H and O–H groups in total. The molecular weight excluding hydrogens is 258 g/mol. The van der Waals surface area contributed by atoms with Crippen LogP contribution in [-0.2, 0) is 6.42 Å². The minimum Gasteiger partial charge on any atom is -0.497 e. The predicted molar refractivity (Wildman–Crippen MR) is 79.1 cm³/mol. The molecule has 0 spiro atoms. The van der Waals surface area contributed by atoms with Gasteiger partial charge in [0, 0.05) is 23.5 Å². The molecule has 0 aliphatic rings. The lowest BCUT2D eigenvalue weighted by atomic mass is 10.1. The summed E-state index contributed by atoms with van der Waals surface area (Å²) in [6.45, 7) is 6.32. The number of rotatable bonds is 4. The van der Waals surface area contributed by atoms with Crippen LogP contribution < -0.4 is 10.1 Å². The number of hydrogen-bond donors (Lipinski definition) is 1. The van der Waals surface area contributed by atoms with Crippen LogP contribution in [0.25, 0.3) is 0 Å². The van der Waals surface area contributed by atoms with Crippen molar-refractivity contribution in [2.24, 2.45) is 0 Å². The largest absolute Gasteiger partial charge is 0.497 e. The zero-order valence-electron chi connectivity index (χ0n) is 11.7. The first kappa shape index (κ1) is 13.8. The Morgan fingerprint density at radius 3 is 2.79 bits per heavy atom. The Balaban J connectivity index is 2.07. The molecule has 2 rings (SSSR count). The standard InChI is InChI=1S/C14H19N3OS/c1-14(2,3)16-13-15-12(17-19-13)9-10-6-5-7-11(8-10)18-4/h5-8H,9H2,1-4H3,(H,15,16,17). The molecule has 1 heterocycles. The van der Waals surface area contributed by atoms with Gasteiger partial charge >= 0.3 is 0 Å². The van der Waals surface area contributed by atoms with Crippen LogP contribution in [0.5, 0.6) is 5.75 Å². The van der Waals surface area contributed by atoms with Crippen molar-refractivity contribution in [3.05, 3.63) is 35.7 Å². The van der Waals surface area contributed by atoms with Crippen LogP contribution in [0.1, 0.15) is 32.2 Å². The number of aromatic nitrogens is 2. The Labute approximate surface area is 118 Å². The molecule has 1 aromatic carbocycles. The van der Waals surface area contributed by atoms with Crippen molar-refractivity contribution in [1.29, 1.82) is 0 Å². The summed E-state index contributed by atoms with van der Waals surface area (Å²) in [7, 11) is 1.67.